The van der Waals surface area contributed by atoms with Crippen molar-refractivity contribution < 1.29 is 19.5 Å². The maximum absolute atomic E-state index is 12.6. The molecule has 0 bridgehead atoms. The van der Waals surface area contributed by atoms with Crippen LogP contribution in [0.1, 0.15) is 33.0 Å². The second-order valence-electron chi connectivity index (χ2n) is 7.24. The van der Waals surface area contributed by atoms with Gasteiger partial charge >= 0.3 is 5.97 Å². The second kappa shape index (κ2) is 8.25. The monoisotopic (exact) mass is 380 g/mol. The third-order valence-electron chi connectivity index (χ3n) is 5.39. The highest BCUT2D eigenvalue weighted by atomic mass is 16.4. The molecule has 1 aliphatic rings. The number of carbonyl (C=O) groups excluding carboxylic acids is 2. The van der Waals surface area contributed by atoms with E-state index < -0.39 is 11.9 Å². The van der Waals surface area contributed by atoms with Crippen LogP contribution in [-0.2, 0) is 9.59 Å². The van der Waals surface area contributed by atoms with Crippen molar-refractivity contribution in [3.05, 3.63) is 70.8 Å². The van der Waals surface area contributed by atoms with Crippen LogP contribution >= 0.6 is 0 Å². The topological polar surface area (TPSA) is 86.7 Å². The van der Waals surface area contributed by atoms with E-state index in [4.69, 9.17) is 0 Å². The average molecular weight is 380 g/mol. The quantitative estimate of drug-likeness (QED) is 0.834. The number of rotatable bonds is 5. The standard InChI is InChI=1S/C22H24N2O4/c1-14-8-9-17(10-15(14)2)21(26)23-11-20(25)24-12-18(19(13-24)22(27)28)16-6-4-3-5-7-16/h3-10,18-19H,11-13H2,1-2H3,(H,23,26)(H,27,28)/t18-,19-/m0/s1. The molecule has 28 heavy (non-hydrogen) atoms. The van der Waals surface area contributed by atoms with Gasteiger partial charge in [0.25, 0.3) is 5.91 Å². The minimum absolute atomic E-state index is 0.146. The first-order valence-electron chi connectivity index (χ1n) is 9.28. The van der Waals surface area contributed by atoms with Gasteiger partial charge in [-0.1, -0.05) is 36.4 Å². The third-order valence-corrected chi connectivity index (χ3v) is 5.39. The van der Waals surface area contributed by atoms with E-state index in [0.29, 0.717) is 12.1 Å². The summed E-state index contributed by atoms with van der Waals surface area (Å²) >= 11 is 0. The average Bonchev–Trinajstić information content (AvgIpc) is 3.14. The molecule has 0 saturated carbocycles. The van der Waals surface area contributed by atoms with Gasteiger partial charge in [0.15, 0.2) is 0 Å². The maximum Gasteiger partial charge on any atom is 0.308 e. The molecule has 2 amide bonds. The normalized spacial score (nSPS) is 18.7. The van der Waals surface area contributed by atoms with Crippen LogP contribution in [0.3, 0.4) is 0 Å². The molecule has 3 rings (SSSR count). The van der Waals surface area contributed by atoms with E-state index in [1.165, 1.54) is 4.90 Å². The van der Waals surface area contributed by atoms with Gasteiger partial charge in [-0.3, -0.25) is 14.4 Å². The van der Waals surface area contributed by atoms with Gasteiger partial charge in [0.05, 0.1) is 12.5 Å². The van der Waals surface area contributed by atoms with Crippen molar-refractivity contribution >= 4 is 17.8 Å². The smallest absolute Gasteiger partial charge is 0.308 e. The van der Waals surface area contributed by atoms with Crippen molar-refractivity contribution in [1.29, 1.82) is 0 Å². The predicted molar refractivity (Wildman–Crippen MR) is 105 cm³/mol. The summed E-state index contributed by atoms with van der Waals surface area (Å²) in [4.78, 5) is 38.1. The minimum Gasteiger partial charge on any atom is -0.481 e. The van der Waals surface area contributed by atoms with Crippen LogP contribution in [-0.4, -0.2) is 47.4 Å². The Hall–Kier alpha value is -3.15. The number of aliphatic carboxylic acids is 1. The Bertz CT molecular complexity index is 895. The molecule has 146 valence electrons. The highest BCUT2D eigenvalue weighted by Gasteiger charge is 2.40. The van der Waals surface area contributed by atoms with Gasteiger partial charge in [-0.15, -0.1) is 0 Å². The number of amides is 2. The van der Waals surface area contributed by atoms with Gasteiger partial charge in [0.2, 0.25) is 5.91 Å². The first kappa shape index (κ1) is 19.6. The van der Waals surface area contributed by atoms with Gasteiger partial charge < -0.3 is 15.3 Å². The Morgan fingerprint density at radius 1 is 1.04 bits per heavy atom. The zero-order valence-electron chi connectivity index (χ0n) is 16.0. The number of nitrogens with one attached hydrogen (secondary N) is 1. The number of carbonyl (C=O) groups is 3. The molecule has 1 fully saturated rings. The molecule has 0 aromatic heterocycles. The van der Waals surface area contributed by atoms with Crippen molar-refractivity contribution in [1.82, 2.24) is 10.2 Å². The zero-order valence-corrected chi connectivity index (χ0v) is 16.0. The van der Waals surface area contributed by atoms with Crippen LogP contribution in [0.25, 0.3) is 0 Å². The Morgan fingerprint density at radius 2 is 1.75 bits per heavy atom. The minimum atomic E-state index is -0.914. The summed E-state index contributed by atoms with van der Waals surface area (Å²) in [5.41, 5.74) is 3.51. The van der Waals surface area contributed by atoms with Crippen molar-refractivity contribution in [2.45, 2.75) is 19.8 Å². The fourth-order valence-corrected chi connectivity index (χ4v) is 3.55. The molecular formula is C22H24N2O4. The number of likely N-dealkylation sites (tertiary alicyclic amines) is 1. The summed E-state index contributed by atoms with van der Waals surface area (Å²) in [7, 11) is 0. The largest absolute Gasteiger partial charge is 0.481 e. The lowest BCUT2D eigenvalue weighted by Crippen LogP contribution is -2.39. The first-order valence-corrected chi connectivity index (χ1v) is 9.28. The number of carboxylic acids is 1. The number of carboxylic acid groups (broad SMARTS) is 1. The Kier molecular flexibility index (Phi) is 5.78. The highest BCUT2D eigenvalue weighted by molar-refractivity contribution is 5.96. The van der Waals surface area contributed by atoms with E-state index in [1.807, 2.05) is 50.2 Å². The molecule has 1 aliphatic heterocycles. The molecule has 6 nitrogen and oxygen atoms in total. The summed E-state index contributed by atoms with van der Waals surface area (Å²) in [5.74, 6) is -2.41. The summed E-state index contributed by atoms with van der Waals surface area (Å²) in [5, 5.41) is 12.2. The van der Waals surface area contributed by atoms with Crippen LogP contribution < -0.4 is 5.32 Å². The van der Waals surface area contributed by atoms with Gasteiger partial charge in [0, 0.05) is 24.6 Å². The summed E-state index contributed by atoms with van der Waals surface area (Å²) in [6.45, 7) is 4.22. The van der Waals surface area contributed by atoms with Crippen LogP contribution in [0.2, 0.25) is 0 Å². The molecule has 2 N–H and O–H groups in total. The lowest BCUT2D eigenvalue weighted by Gasteiger charge is -2.17. The van der Waals surface area contributed by atoms with E-state index in [2.05, 4.69) is 5.32 Å². The van der Waals surface area contributed by atoms with E-state index in [-0.39, 0.29) is 30.8 Å². The zero-order chi connectivity index (χ0) is 20.3. The van der Waals surface area contributed by atoms with Crippen LogP contribution in [0.4, 0.5) is 0 Å². The van der Waals surface area contributed by atoms with Gasteiger partial charge in [-0.2, -0.15) is 0 Å². The first-order chi connectivity index (χ1) is 13.4. The molecule has 2 aromatic carbocycles. The van der Waals surface area contributed by atoms with E-state index in [9.17, 15) is 19.5 Å². The van der Waals surface area contributed by atoms with Crippen LogP contribution in [0.15, 0.2) is 48.5 Å². The molecule has 0 aliphatic carbocycles. The lowest BCUT2D eigenvalue weighted by molar-refractivity contribution is -0.141. The fraction of sp³-hybridized carbons (Fsp3) is 0.318. The molecule has 0 unspecified atom stereocenters. The van der Waals surface area contributed by atoms with Crippen molar-refractivity contribution in [3.8, 4) is 0 Å². The summed E-state index contributed by atoms with van der Waals surface area (Å²) < 4.78 is 0. The second-order valence-corrected chi connectivity index (χ2v) is 7.24. The predicted octanol–water partition coefficient (Wildman–Crippen LogP) is 2.36. The Labute approximate surface area is 164 Å². The number of benzene rings is 2. The van der Waals surface area contributed by atoms with Crippen molar-refractivity contribution in [2.75, 3.05) is 19.6 Å². The Morgan fingerprint density at radius 3 is 2.39 bits per heavy atom. The molecule has 0 radical (unpaired) electrons. The number of aryl methyl sites for hydroxylation is 2. The molecule has 1 saturated heterocycles. The molecule has 0 spiro atoms. The van der Waals surface area contributed by atoms with E-state index in [1.54, 1.807) is 12.1 Å². The number of hydrogen-bond donors (Lipinski definition) is 2. The lowest BCUT2D eigenvalue weighted by atomic mass is 9.89. The maximum atomic E-state index is 12.6. The van der Waals surface area contributed by atoms with Gasteiger partial charge in [0.1, 0.15) is 0 Å². The summed E-state index contributed by atoms with van der Waals surface area (Å²) in [6.07, 6.45) is 0. The molecule has 2 aromatic rings. The van der Waals surface area contributed by atoms with Crippen LogP contribution in [0.5, 0.6) is 0 Å². The van der Waals surface area contributed by atoms with Crippen LogP contribution in [0, 0.1) is 19.8 Å². The third kappa shape index (κ3) is 4.22. The summed E-state index contributed by atoms with van der Waals surface area (Å²) in [6, 6.07) is 14.8. The molecule has 1 heterocycles. The molecule has 6 heteroatoms. The van der Waals surface area contributed by atoms with E-state index >= 15 is 0 Å². The Balaban J connectivity index is 1.63. The number of nitrogens with zero attached hydrogens (tertiary/aromatic N) is 1. The van der Waals surface area contributed by atoms with Gasteiger partial charge in [-0.05, 0) is 42.7 Å². The number of hydrogen-bond acceptors (Lipinski definition) is 3. The fourth-order valence-electron chi connectivity index (χ4n) is 3.55. The van der Waals surface area contributed by atoms with E-state index in [0.717, 1.165) is 16.7 Å². The van der Waals surface area contributed by atoms with Crippen molar-refractivity contribution in [2.24, 2.45) is 5.92 Å². The SMILES string of the molecule is Cc1ccc(C(=O)NCC(=O)N2C[C@H](C(=O)O)[C@H](c3ccccc3)C2)cc1C. The molecular weight excluding hydrogens is 356 g/mol. The van der Waals surface area contributed by atoms with Crippen molar-refractivity contribution in [3.63, 3.8) is 0 Å². The molecule has 2 atom stereocenters. The highest BCUT2D eigenvalue weighted by Crippen LogP contribution is 2.32. The van der Waals surface area contributed by atoms with Gasteiger partial charge in [-0.25, -0.2) is 0 Å².